The molecule has 1 aromatic carbocycles. The van der Waals surface area contributed by atoms with Gasteiger partial charge in [-0.3, -0.25) is 9.69 Å². The first-order valence-electron chi connectivity index (χ1n) is 8.83. The number of carbonyl (C=O) groups excluding carboxylic acids is 1. The Labute approximate surface area is 157 Å². The summed E-state index contributed by atoms with van der Waals surface area (Å²) in [5.74, 6) is -0.0832. The van der Waals surface area contributed by atoms with Crippen molar-refractivity contribution in [3.63, 3.8) is 0 Å². The second-order valence-electron chi connectivity index (χ2n) is 6.06. The van der Waals surface area contributed by atoms with Gasteiger partial charge in [0.25, 0.3) is 0 Å². The van der Waals surface area contributed by atoms with E-state index in [1.165, 1.54) is 18.2 Å². The van der Waals surface area contributed by atoms with Gasteiger partial charge in [-0.1, -0.05) is 12.1 Å². The molecule has 1 amide bonds. The molecule has 0 saturated carbocycles. The minimum Gasteiger partial charge on any atom is -0.476 e. The molecule has 0 atom stereocenters. The van der Waals surface area contributed by atoms with Gasteiger partial charge in [0.1, 0.15) is 12.4 Å². The number of anilines is 1. The largest absolute Gasteiger partial charge is 0.476 e. The predicted molar refractivity (Wildman–Crippen MR) is 101 cm³/mol. The van der Waals surface area contributed by atoms with Crippen molar-refractivity contribution in [2.45, 2.75) is 0 Å². The van der Waals surface area contributed by atoms with Crippen molar-refractivity contribution in [1.82, 2.24) is 9.88 Å². The van der Waals surface area contributed by atoms with E-state index in [9.17, 15) is 9.18 Å². The average molecular weight is 371 g/mol. The van der Waals surface area contributed by atoms with Crippen molar-refractivity contribution in [2.75, 3.05) is 44.8 Å². The summed E-state index contributed by atoms with van der Waals surface area (Å²) in [6.07, 6.45) is 4.55. The van der Waals surface area contributed by atoms with Crippen LogP contribution in [-0.4, -0.2) is 55.2 Å². The second kappa shape index (κ2) is 9.80. The monoisotopic (exact) mass is 371 g/mol. The van der Waals surface area contributed by atoms with Gasteiger partial charge in [-0.2, -0.15) is 0 Å². The van der Waals surface area contributed by atoms with Crippen LogP contribution in [0.3, 0.4) is 0 Å². The Morgan fingerprint density at radius 3 is 2.70 bits per heavy atom. The zero-order valence-electron chi connectivity index (χ0n) is 14.9. The fourth-order valence-corrected chi connectivity index (χ4v) is 2.57. The van der Waals surface area contributed by atoms with Crippen LogP contribution in [0.5, 0.6) is 5.88 Å². The molecule has 0 aliphatic carbocycles. The summed E-state index contributed by atoms with van der Waals surface area (Å²) in [5.41, 5.74) is 1.32. The molecule has 0 radical (unpaired) electrons. The van der Waals surface area contributed by atoms with E-state index in [-0.39, 0.29) is 11.7 Å². The van der Waals surface area contributed by atoms with Crippen LogP contribution in [0.15, 0.2) is 48.7 Å². The lowest BCUT2D eigenvalue weighted by Gasteiger charge is -2.26. The molecule has 1 N–H and O–H groups in total. The molecule has 2 aromatic rings. The highest BCUT2D eigenvalue weighted by Gasteiger charge is 2.09. The summed E-state index contributed by atoms with van der Waals surface area (Å²) < 4.78 is 23.8. The van der Waals surface area contributed by atoms with Gasteiger partial charge in [0.2, 0.25) is 11.8 Å². The van der Waals surface area contributed by atoms with Gasteiger partial charge in [-0.25, -0.2) is 9.37 Å². The number of nitrogens with zero attached hydrogens (tertiary/aromatic N) is 2. The first kappa shape index (κ1) is 19.0. The maximum Gasteiger partial charge on any atom is 0.248 e. The average Bonchev–Trinajstić information content (AvgIpc) is 2.70. The third-order valence-corrected chi connectivity index (χ3v) is 4.06. The van der Waals surface area contributed by atoms with Crippen molar-refractivity contribution in [3.05, 3.63) is 60.1 Å². The molecule has 27 heavy (non-hydrogen) atoms. The van der Waals surface area contributed by atoms with E-state index in [4.69, 9.17) is 9.47 Å². The van der Waals surface area contributed by atoms with Crippen molar-refractivity contribution >= 4 is 17.7 Å². The molecule has 2 heterocycles. The molecule has 142 valence electrons. The van der Waals surface area contributed by atoms with Crippen LogP contribution in [0.2, 0.25) is 0 Å². The van der Waals surface area contributed by atoms with Crippen molar-refractivity contribution in [3.8, 4) is 5.88 Å². The summed E-state index contributed by atoms with van der Waals surface area (Å²) in [6.45, 7) is 4.77. The van der Waals surface area contributed by atoms with Crippen LogP contribution in [-0.2, 0) is 9.53 Å². The van der Waals surface area contributed by atoms with Gasteiger partial charge in [0.15, 0.2) is 0 Å². The Morgan fingerprint density at radius 1 is 1.22 bits per heavy atom. The van der Waals surface area contributed by atoms with Crippen LogP contribution in [0.4, 0.5) is 10.1 Å². The highest BCUT2D eigenvalue weighted by molar-refractivity contribution is 6.01. The number of nitrogens with one attached hydrogen (secondary N) is 1. The summed E-state index contributed by atoms with van der Waals surface area (Å²) in [7, 11) is 0. The van der Waals surface area contributed by atoms with E-state index in [1.54, 1.807) is 36.5 Å². The molecule has 1 aliphatic rings. The van der Waals surface area contributed by atoms with Crippen molar-refractivity contribution in [1.29, 1.82) is 0 Å². The van der Waals surface area contributed by atoms with E-state index in [0.29, 0.717) is 18.2 Å². The maximum absolute atomic E-state index is 12.9. The number of ether oxygens (including phenoxy) is 2. The highest BCUT2D eigenvalue weighted by atomic mass is 19.1. The topological polar surface area (TPSA) is 63.7 Å². The molecule has 1 aromatic heterocycles. The van der Waals surface area contributed by atoms with Crippen LogP contribution >= 0.6 is 0 Å². The number of carbonyl (C=O) groups is 1. The van der Waals surface area contributed by atoms with Gasteiger partial charge >= 0.3 is 0 Å². The fourth-order valence-electron chi connectivity index (χ4n) is 2.57. The Balaban J connectivity index is 1.42. The molecule has 6 nitrogen and oxygen atoms in total. The summed E-state index contributed by atoms with van der Waals surface area (Å²) in [6, 6.07) is 9.35. The molecular weight excluding hydrogens is 349 g/mol. The lowest BCUT2D eigenvalue weighted by molar-refractivity contribution is -0.111. The molecule has 0 spiro atoms. The SMILES string of the molecule is O=C(/C=C/c1ccc(F)cc1)Nc1ccc(OCCN2CCOCC2)nc1. The van der Waals surface area contributed by atoms with E-state index < -0.39 is 0 Å². The van der Waals surface area contributed by atoms with Crippen LogP contribution in [0, 0.1) is 5.82 Å². The van der Waals surface area contributed by atoms with E-state index >= 15 is 0 Å². The standard InChI is InChI=1S/C20H22FN3O3/c21-17-4-1-16(2-5-17)3-7-19(25)23-18-6-8-20(22-15-18)27-14-11-24-9-12-26-13-10-24/h1-8,15H,9-14H2,(H,23,25)/b7-3+. The second-order valence-corrected chi connectivity index (χ2v) is 6.06. The molecule has 1 aliphatic heterocycles. The number of hydrogen-bond donors (Lipinski definition) is 1. The number of benzene rings is 1. The van der Waals surface area contributed by atoms with Crippen LogP contribution in [0.25, 0.3) is 6.08 Å². The lowest BCUT2D eigenvalue weighted by atomic mass is 10.2. The Morgan fingerprint density at radius 2 is 2.00 bits per heavy atom. The number of amides is 1. The fraction of sp³-hybridized carbons (Fsp3) is 0.300. The van der Waals surface area contributed by atoms with E-state index in [0.717, 1.165) is 38.4 Å². The van der Waals surface area contributed by atoms with Gasteiger partial charge in [0, 0.05) is 31.8 Å². The lowest BCUT2D eigenvalue weighted by Crippen LogP contribution is -2.38. The molecule has 0 bridgehead atoms. The highest BCUT2D eigenvalue weighted by Crippen LogP contribution is 2.12. The Kier molecular flexibility index (Phi) is 6.90. The smallest absolute Gasteiger partial charge is 0.248 e. The zero-order chi connectivity index (χ0) is 18.9. The third kappa shape index (κ3) is 6.47. The summed E-state index contributed by atoms with van der Waals surface area (Å²) in [5, 5.41) is 2.72. The minimum atomic E-state index is -0.310. The molecule has 1 fully saturated rings. The number of morpholine rings is 1. The van der Waals surface area contributed by atoms with Gasteiger partial charge < -0.3 is 14.8 Å². The Bertz CT molecular complexity index is 757. The summed E-state index contributed by atoms with van der Waals surface area (Å²) in [4.78, 5) is 18.4. The van der Waals surface area contributed by atoms with Crippen LogP contribution in [0.1, 0.15) is 5.56 Å². The molecule has 3 rings (SSSR count). The molecule has 0 unspecified atom stereocenters. The molecule has 1 saturated heterocycles. The number of halogens is 1. The first-order valence-corrected chi connectivity index (χ1v) is 8.83. The van der Waals surface area contributed by atoms with Gasteiger partial charge in [0.05, 0.1) is 25.1 Å². The minimum absolute atomic E-state index is 0.290. The quantitative estimate of drug-likeness (QED) is 0.758. The number of rotatable bonds is 7. The van der Waals surface area contributed by atoms with E-state index in [1.807, 2.05) is 0 Å². The third-order valence-electron chi connectivity index (χ3n) is 4.06. The van der Waals surface area contributed by atoms with Gasteiger partial charge in [-0.15, -0.1) is 0 Å². The van der Waals surface area contributed by atoms with Crippen LogP contribution < -0.4 is 10.1 Å². The maximum atomic E-state index is 12.9. The van der Waals surface area contributed by atoms with Crippen molar-refractivity contribution < 1.29 is 18.7 Å². The van der Waals surface area contributed by atoms with Gasteiger partial charge in [-0.05, 0) is 29.8 Å². The number of hydrogen-bond acceptors (Lipinski definition) is 5. The predicted octanol–water partition coefficient (Wildman–Crippen LogP) is 2.58. The summed E-state index contributed by atoms with van der Waals surface area (Å²) >= 11 is 0. The molecule has 7 heteroatoms. The normalized spacial score (nSPS) is 15.0. The molecular formula is C20H22FN3O3. The number of pyridine rings is 1. The zero-order valence-corrected chi connectivity index (χ0v) is 14.9. The van der Waals surface area contributed by atoms with Crippen molar-refractivity contribution in [2.24, 2.45) is 0 Å². The Hall–Kier alpha value is -2.77. The number of aromatic nitrogens is 1. The van der Waals surface area contributed by atoms with E-state index in [2.05, 4.69) is 15.2 Å². The first-order chi connectivity index (χ1) is 13.2.